The molecule has 1 atom stereocenters. The Hall–Kier alpha value is -5.64. The molecule has 352 valence electrons. The van der Waals surface area contributed by atoms with Gasteiger partial charge in [0.25, 0.3) is 0 Å². The molecule has 10 heteroatoms. The largest absolute Gasteiger partial charge is 0.494 e. The number of ether oxygens (including phenoxy) is 6. The molecular formula is C55H72O10. The maximum Gasteiger partial charge on any atom is 0.343 e. The molecule has 0 aliphatic heterocycles. The summed E-state index contributed by atoms with van der Waals surface area (Å²) in [6, 6.07) is 25.8. The van der Waals surface area contributed by atoms with Crippen LogP contribution in [-0.4, -0.2) is 37.1 Å². The van der Waals surface area contributed by atoms with Crippen molar-refractivity contribution >= 4 is 23.9 Å². The first kappa shape index (κ1) is 52.0. The van der Waals surface area contributed by atoms with Crippen LogP contribution in [-0.2, 0) is 9.59 Å². The Bertz CT molecular complexity index is 1940. The Kier molecular flexibility index (Phi) is 25.0. The van der Waals surface area contributed by atoms with Gasteiger partial charge in [-0.1, -0.05) is 136 Å². The zero-order valence-corrected chi connectivity index (χ0v) is 39.2. The highest BCUT2D eigenvalue weighted by atomic mass is 16.6. The van der Waals surface area contributed by atoms with Crippen LogP contribution in [0.2, 0.25) is 0 Å². The molecule has 0 radical (unpaired) electrons. The molecule has 65 heavy (non-hydrogen) atoms. The van der Waals surface area contributed by atoms with Crippen LogP contribution in [0.4, 0.5) is 0 Å². The number of hydrogen-bond donors (Lipinski definition) is 0. The minimum Gasteiger partial charge on any atom is -0.494 e. The smallest absolute Gasteiger partial charge is 0.343 e. The monoisotopic (exact) mass is 893 g/mol. The van der Waals surface area contributed by atoms with E-state index < -0.39 is 29.8 Å². The predicted octanol–water partition coefficient (Wildman–Crippen LogP) is 14.3. The Morgan fingerprint density at radius 1 is 0.369 bits per heavy atom. The van der Waals surface area contributed by atoms with Crippen molar-refractivity contribution in [2.45, 2.75) is 156 Å². The topological polar surface area (TPSA) is 124 Å². The molecule has 0 saturated carbocycles. The minimum absolute atomic E-state index is 0.229. The van der Waals surface area contributed by atoms with Gasteiger partial charge < -0.3 is 28.4 Å². The molecular weight excluding hydrogens is 821 g/mol. The number of esters is 4. The fraction of sp³-hybridized carbons (Fsp3) is 0.491. The van der Waals surface area contributed by atoms with Crippen LogP contribution in [0.3, 0.4) is 0 Å². The Morgan fingerprint density at radius 3 is 1.02 bits per heavy atom. The molecule has 4 aromatic rings. The molecule has 4 rings (SSSR count). The highest BCUT2D eigenvalue weighted by molar-refractivity contribution is 5.92. The molecule has 0 aromatic heterocycles. The lowest BCUT2D eigenvalue weighted by atomic mass is 10.1. The van der Waals surface area contributed by atoms with Gasteiger partial charge in [0.2, 0.25) is 0 Å². The van der Waals surface area contributed by atoms with Gasteiger partial charge in [0.05, 0.1) is 36.7 Å². The van der Waals surface area contributed by atoms with Crippen molar-refractivity contribution in [2.75, 3.05) is 13.2 Å². The lowest BCUT2D eigenvalue weighted by Gasteiger charge is -2.12. The van der Waals surface area contributed by atoms with Crippen molar-refractivity contribution in [3.05, 3.63) is 108 Å². The third-order valence-corrected chi connectivity index (χ3v) is 11.1. The number of unbranched alkanes of at least 4 members (excludes halogenated alkanes) is 18. The lowest BCUT2D eigenvalue weighted by molar-refractivity contribution is -0.144. The zero-order chi connectivity index (χ0) is 46.3. The zero-order valence-electron chi connectivity index (χ0n) is 39.2. The summed E-state index contributed by atoms with van der Waals surface area (Å²) >= 11 is 0. The van der Waals surface area contributed by atoms with Crippen LogP contribution in [0.5, 0.6) is 34.5 Å². The lowest BCUT2D eigenvalue weighted by Crippen LogP contribution is -2.23. The van der Waals surface area contributed by atoms with Crippen molar-refractivity contribution in [3.8, 4) is 34.5 Å². The Labute approximate surface area is 387 Å². The first-order valence-electron chi connectivity index (χ1n) is 24.3. The van der Waals surface area contributed by atoms with E-state index in [1.165, 1.54) is 151 Å². The van der Waals surface area contributed by atoms with Gasteiger partial charge in [-0.3, -0.25) is 9.59 Å². The van der Waals surface area contributed by atoms with E-state index >= 15 is 0 Å². The van der Waals surface area contributed by atoms with E-state index in [9.17, 15) is 19.2 Å². The van der Waals surface area contributed by atoms with Gasteiger partial charge in [-0.05, 0) is 110 Å². The number of hydrogen-bond acceptors (Lipinski definition) is 10. The highest BCUT2D eigenvalue weighted by Crippen LogP contribution is 2.24. The molecule has 0 bridgehead atoms. The maximum atomic E-state index is 12.8. The van der Waals surface area contributed by atoms with Crippen LogP contribution >= 0.6 is 0 Å². The van der Waals surface area contributed by atoms with E-state index in [-0.39, 0.29) is 29.4 Å². The van der Waals surface area contributed by atoms with Crippen LogP contribution in [0, 0.1) is 5.92 Å². The van der Waals surface area contributed by atoms with Crippen molar-refractivity contribution in [2.24, 2.45) is 5.92 Å². The van der Waals surface area contributed by atoms with Crippen LogP contribution in [0.25, 0.3) is 0 Å². The normalized spacial score (nSPS) is 11.4. The van der Waals surface area contributed by atoms with Crippen molar-refractivity contribution in [3.63, 3.8) is 0 Å². The second-order valence-electron chi connectivity index (χ2n) is 16.8. The standard InChI is InChI=1S/C55H72O10/c1-4-6-8-10-12-14-16-18-20-22-40-60-46-28-24-44(25-29-46)54(58)64-50-34-32-48(33-35-50)62-52(56)42-43(3)53(57)63-49-36-38-51(39-37-49)65-55(59)45-26-30-47(31-27-45)61-41-23-21-19-17-15-13-11-9-7-5-2/h24-39,43H,4-23,40-42H2,1-3H3. The summed E-state index contributed by atoms with van der Waals surface area (Å²) in [5.74, 6) is -0.689. The molecule has 0 fully saturated rings. The average molecular weight is 893 g/mol. The Balaban J connectivity index is 1.07. The second-order valence-corrected chi connectivity index (χ2v) is 16.8. The van der Waals surface area contributed by atoms with E-state index in [1.54, 1.807) is 55.5 Å². The van der Waals surface area contributed by atoms with Crippen LogP contribution in [0.15, 0.2) is 97.1 Å². The molecule has 0 heterocycles. The van der Waals surface area contributed by atoms with Gasteiger partial charge in [-0.15, -0.1) is 0 Å². The molecule has 4 aromatic carbocycles. The number of carbonyl (C=O) groups is 4. The van der Waals surface area contributed by atoms with E-state index in [2.05, 4.69) is 13.8 Å². The van der Waals surface area contributed by atoms with Crippen molar-refractivity contribution in [1.82, 2.24) is 0 Å². The van der Waals surface area contributed by atoms with Crippen LogP contribution < -0.4 is 28.4 Å². The predicted molar refractivity (Wildman–Crippen MR) is 255 cm³/mol. The van der Waals surface area contributed by atoms with E-state index in [0.29, 0.717) is 35.8 Å². The summed E-state index contributed by atoms with van der Waals surface area (Å²) < 4.78 is 33.6. The maximum absolute atomic E-state index is 12.8. The SMILES string of the molecule is CCCCCCCCCCCCOc1ccc(C(=O)Oc2ccc(OC(=O)CC(C)C(=O)Oc3ccc(OC(=O)c4ccc(OCCCCCCCCCCCC)cc4)cc3)cc2)cc1. The molecule has 0 aliphatic carbocycles. The molecule has 10 nitrogen and oxygen atoms in total. The minimum atomic E-state index is -0.807. The van der Waals surface area contributed by atoms with E-state index in [0.717, 1.165) is 25.7 Å². The van der Waals surface area contributed by atoms with Gasteiger partial charge in [0.1, 0.15) is 34.5 Å². The van der Waals surface area contributed by atoms with Gasteiger partial charge >= 0.3 is 23.9 Å². The first-order valence-corrected chi connectivity index (χ1v) is 24.3. The van der Waals surface area contributed by atoms with Crippen molar-refractivity contribution < 1.29 is 47.6 Å². The van der Waals surface area contributed by atoms with Gasteiger partial charge in [0, 0.05) is 0 Å². The fourth-order valence-corrected chi connectivity index (χ4v) is 7.14. The van der Waals surface area contributed by atoms with Crippen LogP contribution in [0.1, 0.15) is 176 Å². The summed E-state index contributed by atoms with van der Waals surface area (Å²) in [7, 11) is 0. The molecule has 0 aliphatic rings. The molecule has 0 saturated heterocycles. The fourth-order valence-electron chi connectivity index (χ4n) is 7.14. The summed E-state index contributed by atoms with van der Waals surface area (Å²) in [5, 5.41) is 0. The molecule has 0 N–H and O–H groups in total. The van der Waals surface area contributed by atoms with E-state index in [1.807, 2.05) is 0 Å². The third kappa shape index (κ3) is 21.7. The van der Waals surface area contributed by atoms with Gasteiger partial charge in [-0.2, -0.15) is 0 Å². The number of benzene rings is 4. The average Bonchev–Trinajstić information content (AvgIpc) is 3.31. The third-order valence-electron chi connectivity index (χ3n) is 11.1. The molecule has 1 unspecified atom stereocenters. The number of rotatable bonds is 33. The van der Waals surface area contributed by atoms with Gasteiger partial charge in [0.15, 0.2) is 0 Å². The number of carbonyl (C=O) groups excluding carboxylic acids is 4. The summed E-state index contributed by atoms with van der Waals surface area (Å²) in [6.07, 6.45) is 25.1. The van der Waals surface area contributed by atoms with E-state index in [4.69, 9.17) is 28.4 Å². The molecule has 0 amide bonds. The summed E-state index contributed by atoms with van der Waals surface area (Å²) in [4.78, 5) is 50.9. The summed E-state index contributed by atoms with van der Waals surface area (Å²) in [6.45, 7) is 7.34. The first-order chi connectivity index (χ1) is 31.7. The second kappa shape index (κ2) is 31.3. The van der Waals surface area contributed by atoms with Gasteiger partial charge in [-0.25, -0.2) is 9.59 Å². The van der Waals surface area contributed by atoms with Crippen molar-refractivity contribution in [1.29, 1.82) is 0 Å². The molecule has 0 spiro atoms. The highest BCUT2D eigenvalue weighted by Gasteiger charge is 2.21. The Morgan fingerprint density at radius 2 is 0.662 bits per heavy atom. The quantitative estimate of drug-likeness (QED) is 0.0259. The summed E-state index contributed by atoms with van der Waals surface area (Å²) in [5.41, 5.74) is 0.758.